The Kier molecular flexibility index (Phi) is 3.20. The molecule has 98 valence electrons. The first kappa shape index (κ1) is 12.0. The highest BCUT2D eigenvalue weighted by atomic mass is 16.1. The smallest absolute Gasteiger partial charge is 0.275 e. The summed E-state index contributed by atoms with van der Waals surface area (Å²) < 4.78 is 1.69. The van der Waals surface area contributed by atoms with E-state index in [9.17, 15) is 4.79 Å². The third-order valence-corrected chi connectivity index (χ3v) is 2.66. The minimum absolute atomic E-state index is 0.264. The van der Waals surface area contributed by atoms with Crippen LogP contribution >= 0.6 is 0 Å². The van der Waals surface area contributed by atoms with Gasteiger partial charge in [-0.2, -0.15) is 5.10 Å². The number of hydrogen-bond donors (Lipinski definition) is 1. The van der Waals surface area contributed by atoms with Crippen LogP contribution in [-0.4, -0.2) is 25.7 Å². The van der Waals surface area contributed by atoms with E-state index in [1.54, 1.807) is 17.1 Å². The van der Waals surface area contributed by atoms with Crippen LogP contribution in [0.3, 0.4) is 0 Å². The molecule has 0 aliphatic rings. The summed E-state index contributed by atoms with van der Waals surface area (Å²) in [6, 6.07) is 9.65. The summed E-state index contributed by atoms with van der Waals surface area (Å²) in [7, 11) is 0. The second-order valence-electron chi connectivity index (χ2n) is 4.05. The Hall–Kier alpha value is -3.02. The molecule has 3 aromatic rings. The van der Waals surface area contributed by atoms with Gasteiger partial charge in [-0.1, -0.05) is 18.2 Å². The normalized spacial score (nSPS) is 10.2. The van der Waals surface area contributed by atoms with Gasteiger partial charge in [-0.25, -0.2) is 9.67 Å². The number of rotatable bonds is 3. The summed E-state index contributed by atoms with van der Waals surface area (Å²) in [4.78, 5) is 19.7. The highest BCUT2D eigenvalue weighted by molar-refractivity contribution is 6.02. The third kappa shape index (κ3) is 2.54. The van der Waals surface area contributed by atoms with Gasteiger partial charge in [0.1, 0.15) is 5.69 Å². The standard InChI is InChI=1S/C14H11N5O/c20-14(13-9-15-6-7-16-13)18-11-8-17-19(10-11)12-4-2-1-3-5-12/h1-10H,(H,18,20). The lowest BCUT2D eigenvalue weighted by molar-refractivity contribution is 0.102. The van der Waals surface area contributed by atoms with Gasteiger partial charge in [0.25, 0.3) is 5.91 Å². The fourth-order valence-electron chi connectivity index (χ4n) is 1.72. The summed E-state index contributed by atoms with van der Waals surface area (Å²) in [5, 5.41) is 6.92. The minimum atomic E-state index is -0.314. The van der Waals surface area contributed by atoms with E-state index >= 15 is 0 Å². The topological polar surface area (TPSA) is 72.7 Å². The zero-order chi connectivity index (χ0) is 13.8. The first-order valence-electron chi connectivity index (χ1n) is 6.00. The number of hydrogen-bond acceptors (Lipinski definition) is 4. The van der Waals surface area contributed by atoms with E-state index in [1.165, 1.54) is 18.6 Å². The van der Waals surface area contributed by atoms with Crippen molar-refractivity contribution >= 4 is 11.6 Å². The molecule has 0 unspecified atom stereocenters. The number of nitrogens with one attached hydrogen (secondary N) is 1. The fourth-order valence-corrected chi connectivity index (χ4v) is 1.72. The Balaban J connectivity index is 1.77. The Bertz CT molecular complexity index is 709. The van der Waals surface area contributed by atoms with E-state index in [2.05, 4.69) is 20.4 Å². The van der Waals surface area contributed by atoms with E-state index in [-0.39, 0.29) is 11.6 Å². The quantitative estimate of drug-likeness (QED) is 0.785. The van der Waals surface area contributed by atoms with Crippen LogP contribution in [0.25, 0.3) is 5.69 Å². The van der Waals surface area contributed by atoms with Crippen molar-refractivity contribution < 1.29 is 4.79 Å². The van der Waals surface area contributed by atoms with Crippen molar-refractivity contribution in [2.75, 3.05) is 5.32 Å². The van der Waals surface area contributed by atoms with Gasteiger partial charge in [0.15, 0.2) is 0 Å². The highest BCUT2D eigenvalue weighted by Crippen LogP contribution is 2.11. The van der Waals surface area contributed by atoms with Crippen molar-refractivity contribution in [3.05, 3.63) is 67.0 Å². The molecule has 0 aliphatic heterocycles. The number of para-hydroxylation sites is 1. The lowest BCUT2D eigenvalue weighted by atomic mass is 10.3. The monoisotopic (exact) mass is 265 g/mol. The van der Waals surface area contributed by atoms with Crippen LogP contribution in [0.1, 0.15) is 10.5 Å². The second-order valence-corrected chi connectivity index (χ2v) is 4.05. The number of benzene rings is 1. The molecule has 0 atom stereocenters. The van der Waals surface area contributed by atoms with Crippen LogP contribution in [0.15, 0.2) is 61.3 Å². The Morgan fingerprint density at radius 2 is 1.95 bits per heavy atom. The Morgan fingerprint density at radius 3 is 2.70 bits per heavy atom. The molecule has 0 fully saturated rings. The molecule has 2 heterocycles. The molecule has 0 saturated heterocycles. The summed E-state index contributed by atoms with van der Waals surface area (Å²) in [6.45, 7) is 0. The van der Waals surface area contributed by atoms with Gasteiger partial charge in [-0.05, 0) is 12.1 Å². The van der Waals surface area contributed by atoms with Crippen molar-refractivity contribution in [1.82, 2.24) is 19.7 Å². The van der Waals surface area contributed by atoms with Crippen LogP contribution in [0, 0.1) is 0 Å². The lowest BCUT2D eigenvalue weighted by Gasteiger charge is -2.01. The van der Waals surface area contributed by atoms with E-state index in [0.29, 0.717) is 5.69 Å². The zero-order valence-corrected chi connectivity index (χ0v) is 10.5. The second kappa shape index (κ2) is 5.31. The van der Waals surface area contributed by atoms with Gasteiger partial charge in [0, 0.05) is 12.4 Å². The molecule has 6 nitrogen and oxygen atoms in total. The summed E-state index contributed by atoms with van der Waals surface area (Å²) in [6.07, 6.45) is 7.73. The van der Waals surface area contributed by atoms with Gasteiger partial charge >= 0.3 is 0 Å². The maximum Gasteiger partial charge on any atom is 0.275 e. The number of amides is 1. The lowest BCUT2D eigenvalue weighted by Crippen LogP contribution is -2.13. The molecule has 20 heavy (non-hydrogen) atoms. The molecule has 3 rings (SSSR count). The first-order chi connectivity index (χ1) is 9.83. The molecule has 1 aromatic carbocycles. The highest BCUT2D eigenvalue weighted by Gasteiger charge is 2.09. The predicted octanol–water partition coefficient (Wildman–Crippen LogP) is 1.91. The molecule has 0 saturated carbocycles. The molecule has 0 radical (unpaired) electrons. The number of carbonyl (C=O) groups is 1. The van der Waals surface area contributed by atoms with E-state index in [0.717, 1.165) is 5.69 Å². The Morgan fingerprint density at radius 1 is 1.10 bits per heavy atom. The van der Waals surface area contributed by atoms with Crippen LogP contribution in [-0.2, 0) is 0 Å². The largest absolute Gasteiger partial charge is 0.318 e. The first-order valence-corrected chi connectivity index (χ1v) is 6.00. The summed E-state index contributed by atoms with van der Waals surface area (Å²) >= 11 is 0. The van der Waals surface area contributed by atoms with Gasteiger partial charge in [-0.3, -0.25) is 9.78 Å². The maximum absolute atomic E-state index is 11.9. The van der Waals surface area contributed by atoms with Gasteiger partial charge < -0.3 is 5.32 Å². The Labute approximate surface area is 115 Å². The summed E-state index contributed by atoms with van der Waals surface area (Å²) in [5.41, 5.74) is 1.79. The van der Waals surface area contributed by atoms with Crippen LogP contribution in [0.4, 0.5) is 5.69 Å². The van der Waals surface area contributed by atoms with Crippen molar-refractivity contribution in [3.63, 3.8) is 0 Å². The molecule has 0 bridgehead atoms. The maximum atomic E-state index is 11.9. The fraction of sp³-hybridized carbons (Fsp3) is 0. The van der Waals surface area contributed by atoms with Crippen LogP contribution in [0.5, 0.6) is 0 Å². The molecule has 0 spiro atoms. The molecule has 1 N–H and O–H groups in total. The third-order valence-electron chi connectivity index (χ3n) is 2.66. The summed E-state index contributed by atoms with van der Waals surface area (Å²) in [5.74, 6) is -0.314. The minimum Gasteiger partial charge on any atom is -0.318 e. The van der Waals surface area contributed by atoms with Crippen LogP contribution < -0.4 is 5.32 Å². The number of anilines is 1. The molecule has 6 heteroatoms. The van der Waals surface area contributed by atoms with E-state index in [1.807, 2.05) is 30.3 Å². The van der Waals surface area contributed by atoms with Crippen molar-refractivity contribution in [1.29, 1.82) is 0 Å². The average Bonchev–Trinajstić information content (AvgIpc) is 2.97. The molecular formula is C14H11N5O. The van der Waals surface area contributed by atoms with E-state index < -0.39 is 0 Å². The average molecular weight is 265 g/mol. The molecule has 1 amide bonds. The van der Waals surface area contributed by atoms with Crippen molar-refractivity contribution in [2.45, 2.75) is 0 Å². The van der Waals surface area contributed by atoms with Gasteiger partial charge in [-0.15, -0.1) is 0 Å². The van der Waals surface area contributed by atoms with Crippen LogP contribution in [0.2, 0.25) is 0 Å². The van der Waals surface area contributed by atoms with Gasteiger partial charge in [0.2, 0.25) is 0 Å². The number of aromatic nitrogens is 4. The van der Waals surface area contributed by atoms with Gasteiger partial charge in [0.05, 0.1) is 30.0 Å². The molecular weight excluding hydrogens is 254 g/mol. The van der Waals surface area contributed by atoms with Crippen molar-refractivity contribution in [3.8, 4) is 5.69 Å². The number of nitrogens with zero attached hydrogens (tertiary/aromatic N) is 4. The predicted molar refractivity (Wildman–Crippen MR) is 73.5 cm³/mol. The zero-order valence-electron chi connectivity index (χ0n) is 10.5. The number of carbonyl (C=O) groups excluding carboxylic acids is 1. The van der Waals surface area contributed by atoms with Crippen molar-refractivity contribution in [2.24, 2.45) is 0 Å². The SMILES string of the molecule is O=C(Nc1cnn(-c2ccccc2)c1)c1cnccn1. The van der Waals surface area contributed by atoms with E-state index in [4.69, 9.17) is 0 Å². The molecule has 0 aliphatic carbocycles. The molecule has 2 aromatic heterocycles.